The van der Waals surface area contributed by atoms with Crippen molar-refractivity contribution < 1.29 is 33.1 Å². The molecule has 0 spiro atoms. The summed E-state index contributed by atoms with van der Waals surface area (Å²) in [6.07, 6.45) is 3.29. The molecule has 0 atom stereocenters. The van der Waals surface area contributed by atoms with E-state index in [0.717, 1.165) is 31.5 Å². The van der Waals surface area contributed by atoms with Crippen molar-refractivity contribution in [3.63, 3.8) is 0 Å². The van der Waals surface area contributed by atoms with E-state index in [1.165, 1.54) is 7.11 Å². The molecule has 36 heavy (non-hydrogen) atoms. The molecule has 1 aliphatic carbocycles. The van der Waals surface area contributed by atoms with Crippen molar-refractivity contribution in [2.45, 2.75) is 51.7 Å². The lowest BCUT2D eigenvalue weighted by molar-refractivity contribution is -0.934. The lowest BCUT2D eigenvalue weighted by Crippen LogP contribution is -2.62. The first kappa shape index (κ1) is 25.7. The molecule has 1 N–H and O–H groups in total. The Morgan fingerprint density at radius 2 is 1.72 bits per heavy atom. The average molecular weight is 496 g/mol. The number of anilines is 1. The molecule has 1 aliphatic heterocycles. The molecule has 192 valence electrons. The molecule has 0 bridgehead atoms. The van der Waals surface area contributed by atoms with E-state index in [-0.39, 0.29) is 37.2 Å². The molecule has 8 nitrogen and oxygen atoms in total. The van der Waals surface area contributed by atoms with Crippen molar-refractivity contribution in [3.05, 3.63) is 59.2 Å². The van der Waals surface area contributed by atoms with Crippen LogP contribution < -0.4 is 10.1 Å². The summed E-state index contributed by atoms with van der Waals surface area (Å²) in [5.74, 6) is -0.472. The molecule has 2 aliphatic rings. The van der Waals surface area contributed by atoms with Crippen LogP contribution in [0.5, 0.6) is 5.75 Å². The van der Waals surface area contributed by atoms with Crippen LogP contribution in [0.2, 0.25) is 0 Å². The van der Waals surface area contributed by atoms with E-state index in [1.807, 2.05) is 37.3 Å². The number of benzene rings is 2. The molecule has 0 aromatic heterocycles. The largest absolute Gasteiger partial charge is 0.497 e. The van der Waals surface area contributed by atoms with Crippen LogP contribution in [0.1, 0.15) is 54.1 Å². The standard InChI is InChI=1S/C28H34N2O6/c1-4-35-26(32)23-17-22(34-3)16-20(2)25(23)29-27(33)28(12-13-28)30(14-8-9-15-30)18-24(31)36-19-21-10-6-5-7-11-21/h5-7,10-11,16-17H,4,8-9,12-15,18-19H2,1-3H3/p+1. The van der Waals surface area contributed by atoms with E-state index < -0.39 is 11.5 Å². The van der Waals surface area contributed by atoms with Crippen molar-refractivity contribution in [3.8, 4) is 5.75 Å². The predicted octanol–water partition coefficient (Wildman–Crippen LogP) is 4.01. The number of rotatable bonds is 10. The molecular weight excluding hydrogens is 460 g/mol. The second kappa shape index (κ2) is 10.7. The summed E-state index contributed by atoms with van der Waals surface area (Å²) in [5, 5.41) is 3.04. The van der Waals surface area contributed by atoms with Gasteiger partial charge in [0, 0.05) is 25.7 Å². The molecule has 0 radical (unpaired) electrons. The molecule has 1 saturated heterocycles. The minimum Gasteiger partial charge on any atom is -0.497 e. The van der Waals surface area contributed by atoms with Crippen LogP contribution in [0.15, 0.2) is 42.5 Å². The third kappa shape index (κ3) is 5.09. The zero-order chi connectivity index (χ0) is 25.8. The van der Waals surface area contributed by atoms with Crippen molar-refractivity contribution in [1.82, 2.24) is 0 Å². The third-order valence-electron chi connectivity index (χ3n) is 7.43. The average Bonchev–Trinajstić information content (AvgIpc) is 3.58. The van der Waals surface area contributed by atoms with Crippen LogP contribution >= 0.6 is 0 Å². The second-order valence-electron chi connectivity index (χ2n) is 9.68. The number of carbonyl (C=O) groups is 3. The summed E-state index contributed by atoms with van der Waals surface area (Å²) >= 11 is 0. The fraction of sp³-hybridized carbons (Fsp3) is 0.464. The molecule has 2 fully saturated rings. The molecule has 4 rings (SSSR count). The Balaban J connectivity index is 1.54. The van der Waals surface area contributed by atoms with Gasteiger partial charge < -0.3 is 24.0 Å². The number of aryl methyl sites for hydroxylation is 1. The molecule has 2 aromatic rings. The zero-order valence-electron chi connectivity index (χ0n) is 21.3. The Labute approximate surface area is 212 Å². The first-order chi connectivity index (χ1) is 17.3. The minimum atomic E-state index is -0.708. The molecule has 1 saturated carbocycles. The number of likely N-dealkylation sites (tertiary alicyclic amines) is 1. The summed E-state index contributed by atoms with van der Waals surface area (Å²) in [5.41, 5.74) is 1.61. The Hall–Kier alpha value is -3.39. The van der Waals surface area contributed by atoms with E-state index in [4.69, 9.17) is 14.2 Å². The fourth-order valence-corrected chi connectivity index (χ4v) is 5.38. The predicted molar refractivity (Wildman–Crippen MR) is 135 cm³/mol. The Bertz CT molecular complexity index is 1120. The highest BCUT2D eigenvalue weighted by atomic mass is 16.5. The van der Waals surface area contributed by atoms with E-state index in [9.17, 15) is 14.4 Å². The number of quaternary nitrogens is 1. The van der Waals surface area contributed by atoms with Gasteiger partial charge in [-0.3, -0.25) is 4.79 Å². The number of esters is 2. The number of hydrogen-bond donors (Lipinski definition) is 1. The Kier molecular flexibility index (Phi) is 7.64. The number of carbonyl (C=O) groups excluding carboxylic acids is 3. The van der Waals surface area contributed by atoms with Crippen LogP contribution in [0.25, 0.3) is 0 Å². The highest BCUT2D eigenvalue weighted by molar-refractivity contribution is 6.06. The van der Waals surface area contributed by atoms with Gasteiger partial charge in [-0.15, -0.1) is 0 Å². The number of methoxy groups -OCH3 is 1. The number of nitrogens with zero attached hydrogens (tertiary/aromatic N) is 1. The monoisotopic (exact) mass is 495 g/mol. The third-order valence-corrected chi connectivity index (χ3v) is 7.43. The lowest BCUT2D eigenvalue weighted by atomic mass is 10.0. The maximum absolute atomic E-state index is 13.8. The van der Waals surface area contributed by atoms with Gasteiger partial charge in [-0.05, 0) is 37.1 Å². The summed E-state index contributed by atoms with van der Waals surface area (Å²) < 4.78 is 16.6. The van der Waals surface area contributed by atoms with E-state index in [0.29, 0.717) is 34.3 Å². The summed E-state index contributed by atoms with van der Waals surface area (Å²) in [7, 11) is 1.53. The van der Waals surface area contributed by atoms with Crippen molar-refractivity contribution >= 4 is 23.5 Å². The van der Waals surface area contributed by atoms with Crippen molar-refractivity contribution in [1.29, 1.82) is 0 Å². The molecule has 2 aromatic carbocycles. The van der Waals surface area contributed by atoms with Crippen molar-refractivity contribution in [2.24, 2.45) is 0 Å². The smallest absolute Gasteiger partial charge is 0.362 e. The minimum absolute atomic E-state index is 0.159. The van der Waals surface area contributed by atoms with E-state index >= 15 is 0 Å². The molecule has 0 unspecified atom stereocenters. The molecule has 1 amide bonds. The highest BCUT2D eigenvalue weighted by Gasteiger charge is 2.67. The molecule has 8 heteroatoms. The number of hydrogen-bond acceptors (Lipinski definition) is 6. The van der Waals surface area contributed by atoms with Gasteiger partial charge in [0.25, 0.3) is 5.91 Å². The van der Waals surface area contributed by atoms with Gasteiger partial charge in [0.05, 0.1) is 38.1 Å². The highest BCUT2D eigenvalue weighted by Crippen LogP contribution is 2.50. The van der Waals surface area contributed by atoms with Gasteiger partial charge in [-0.1, -0.05) is 30.3 Å². The number of nitrogens with one attached hydrogen (secondary N) is 1. The summed E-state index contributed by atoms with van der Waals surface area (Å²) in [6, 6.07) is 12.9. The van der Waals surface area contributed by atoms with Gasteiger partial charge in [0.1, 0.15) is 12.4 Å². The first-order valence-corrected chi connectivity index (χ1v) is 12.6. The van der Waals surface area contributed by atoms with Gasteiger partial charge in [-0.2, -0.15) is 0 Å². The Morgan fingerprint density at radius 1 is 1.03 bits per heavy atom. The first-order valence-electron chi connectivity index (χ1n) is 12.6. The van der Waals surface area contributed by atoms with E-state index in [1.54, 1.807) is 19.1 Å². The van der Waals surface area contributed by atoms with Gasteiger partial charge in [-0.25, -0.2) is 9.59 Å². The summed E-state index contributed by atoms with van der Waals surface area (Å²) in [6.45, 7) is 5.65. The SMILES string of the molecule is CCOC(=O)c1cc(OC)cc(C)c1NC(=O)C1([N+]2(CC(=O)OCc3ccccc3)CCCC2)CC1. The van der Waals surface area contributed by atoms with E-state index in [2.05, 4.69) is 5.32 Å². The maximum Gasteiger partial charge on any atom is 0.362 e. The van der Waals surface area contributed by atoms with Gasteiger partial charge >= 0.3 is 11.9 Å². The van der Waals surface area contributed by atoms with Crippen LogP contribution in [-0.2, 0) is 25.7 Å². The number of amides is 1. The van der Waals surface area contributed by atoms with Crippen LogP contribution in [0.4, 0.5) is 5.69 Å². The van der Waals surface area contributed by atoms with Crippen LogP contribution in [0, 0.1) is 6.92 Å². The van der Waals surface area contributed by atoms with Gasteiger partial charge in [0.15, 0.2) is 12.1 Å². The van der Waals surface area contributed by atoms with Gasteiger partial charge in [0.2, 0.25) is 0 Å². The van der Waals surface area contributed by atoms with Crippen LogP contribution in [0.3, 0.4) is 0 Å². The van der Waals surface area contributed by atoms with Crippen LogP contribution in [-0.4, -0.2) is 61.2 Å². The topological polar surface area (TPSA) is 90.9 Å². The fourth-order valence-electron chi connectivity index (χ4n) is 5.38. The zero-order valence-corrected chi connectivity index (χ0v) is 21.3. The molecular formula is C28H35N2O6+. The normalized spacial score (nSPS) is 17.2. The molecule has 1 heterocycles. The quantitative estimate of drug-likeness (QED) is 0.396. The number of ether oxygens (including phenoxy) is 3. The summed E-state index contributed by atoms with van der Waals surface area (Å²) in [4.78, 5) is 39.4. The lowest BCUT2D eigenvalue weighted by Gasteiger charge is -2.40. The maximum atomic E-state index is 13.8. The second-order valence-corrected chi connectivity index (χ2v) is 9.68. The Morgan fingerprint density at radius 3 is 2.33 bits per heavy atom. The van der Waals surface area contributed by atoms with Crippen molar-refractivity contribution in [2.75, 3.05) is 38.7 Å².